The first-order chi connectivity index (χ1) is 14.8. The molecule has 2 heterocycles. The third-order valence-corrected chi connectivity index (χ3v) is 5.60. The Balaban J connectivity index is 1.74. The lowest BCUT2D eigenvalue weighted by molar-refractivity contribution is -0.136. The number of likely N-dealkylation sites (N-methyl/N-ethyl adjacent to an activating group) is 1. The minimum atomic E-state index is -0.932. The number of fused-ring (bicyclic) bond motifs is 1. The number of hydrogen-bond donors (Lipinski definition) is 2. The number of hydrogen-bond acceptors (Lipinski definition) is 3. The van der Waals surface area contributed by atoms with Crippen molar-refractivity contribution in [3.05, 3.63) is 76.5 Å². The standard InChI is InChI=1S/C24H22F2N2O3/c1-28-8-6-15(7-9-28)24-18-10-14(2-5-20(18)27-21(24)13-23(30)31)11-22(29)17-12-16(25)3-4-19(17)26/h2-6,10,12,27H,7-9,11,13H2,1H3,(H,30,31). The molecular formula is C24H22F2N2O3. The Morgan fingerprint density at radius 3 is 2.65 bits per heavy atom. The number of aromatic nitrogens is 1. The maximum Gasteiger partial charge on any atom is 0.309 e. The van der Waals surface area contributed by atoms with Crippen molar-refractivity contribution in [2.24, 2.45) is 0 Å². The van der Waals surface area contributed by atoms with Crippen LogP contribution in [0.5, 0.6) is 0 Å². The highest BCUT2D eigenvalue weighted by Gasteiger charge is 2.21. The van der Waals surface area contributed by atoms with Crippen LogP contribution in [0.2, 0.25) is 0 Å². The molecule has 2 aromatic carbocycles. The molecule has 0 spiro atoms. The van der Waals surface area contributed by atoms with Crippen molar-refractivity contribution >= 4 is 28.2 Å². The highest BCUT2D eigenvalue weighted by atomic mass is 19.1. The molecule has 2 N–H and O–H groups in total. The molecule has 4 rings (SSSR count). The number of carbonyl (C=O) groups is 2. The molecule has 0 atom stereocenters. The average Bonchev–Trinajstić information content (AvgIpc) is 3.06. The van der Waals surface area contributed by atoms with Gasteiger partial charge >= 0.3 is 5.97 Å². The monoisotopic (exact) mass is 424 g/mol. The zero-order valence-corrected chi connectivity index (χ0v) is 17.0. The van der Waals surface area contributed by atoms with Crippen molar-refractivity contribution in [3.8, 4) is 0 Å². The van der Waals surface area contributed by atoms with Gasteiger partial charge in [0.25, 0.3) is 0 Å². The molecule has 1 aliphatic heterocycles. The molecule has 0 bridgehead atoms. The van der Waals surface area contributed by atoms with E-state index in [0.717, 1.165) is 59.7 Å². The van der Waals surface area contributed by atoms with E-state index in [1.54, 1.807) is 12.1 Å². The number of nitrogens with one attached hydrogen (secondary N) is 1. The third-order valence-electron chi connectivity index (χ3n) is 5.60. The van der Waals surface area contributed by atoms with Crippen LogP contribution in [-0.4, -0.2) is 46.9 Å². The van der Waals surface area contributed by atoms with E-state index >= 15 is 0 Å². The normalized spacial score (nSPS) is 14.6. The number of benzene rings is 2. The lowest BCUT2D eigenvalue weighted by atomic mass is 9.94. The number of aromatic amines is 1. The van der Waals surface area contributed by atoms with E-state index in [1.807, 2.05) is 13.1 Å². The van der Waals surface area contributed by atoms with E-state index in [4.69, 9.17) is 0 Å². The molecule has 7 heteroatoms. The Hall–Kier alpha value is -3.32. The van der Waals surface area contributed by atoms with Gasteiger partial charge in [-0.25, -0.2) is 8.78 Å². The largest absolute Gasteiger partial charge is 0.481 e. The number of nitrogens with zero attached hydrogens (tertiary/aromatic N) is 1. The molecule has 0 amide bonds. The Bertz CT molecular complexity index is 1210. The summed E-state index contributed by atoms with van der Waals surface area (Å²) in [6, 6.07) is 8.20. The Labute approximate surface area is 178 Å². The van der Waals surface area contributed by atoms with Gasteiger partial charge in [-0.05, 0) is 54.9 Å². The molecule has 0 unspecified atom stereocenters. The number of ketones is 1. The summed E-state index contributed by atoms with van der Waals surface area (Å²) in [6.45, 7) is 1.63. The number of rotatable bonds is 6. The van der Waals surface area contributed by atoms with Crippen LogP contribution in [-0.2, 0) is 17.6 Å². The first-order valence-corrected chi connectivity index (χ1v) is 10.0. The van der Waals surface area contributed by atoms with Gasteiger partial charge in [0.1, 0.15) is 11.6 Å². The highest BCUT2D eigenvalue weighted by Crippen LogP contribution is 2.33. The second-order valence-electron chi connectivity index (χ2n) is 7.89. The number of aliphatic carboxylic acids is 1. The molecule has 1 aliphatic rings. The van der Waals surface area contributed by atoms with E-state index in [0.29, 0.717) is 11.3 Å². The van der Waals surface area contributed by atoms with Gasteiger partial charge in [0.2, 0.25) is 0 Å². The van der Waals surface area contributed by atoms with Crippen molar-refractivity contribution in [2.75, 3.05) is 20.1 Å². The van der Waals surface area contributed by atoms with Gasteiger partial charge < -0.3 is 15.0 Å². The molecule has 3 aromatic rings. The van der Waals surface area contributed by atoms with Crippen molar-refractivity contribution in [3.63, 3.8) is 0 Å². The molecule has 5 nitrogen and oxygen atoms in total. The lowest BCUT2D eigenvalue weighted by Crippen LogP contribution is -2.24. The van der Waals surface area contributed by atoms with Gasteiger partial charge in [0, 0.05) is 41.7 Å². The molecule has 0 aliphatic carbocycles. The average molecular weight is 424 g/mol. The second kappa shape index (κ2) is 8.43. The van der Waals surface area contributed by atoms with Crippen LogP contribution in [0.1, 0.15) is 33.6 Å². The topological polar surface area (TPSA) is 73.4 Å². The number of carbonyl (C=O) groups excluding carboxylic acids is 1. The fourth-order valence-electron chi connectivity index (χ4n) is 4.04. The van der Waals surface area contributed by atoms with Crippen LogP contribution in [0.25, 0.3) is 16.5 Å². The second-order valence-corrected chi connectivity index (χ2v) is 7.89. The fourth-order valence-corrected chi connectivity index (χ4v) is 4.04. The van der Waals surface area contributed by atoms with E-state index in [-0.39, 0.29) is 18.4 Å². The van der Waals surface area contributed by atoms with Crippen LogP contribution in [0.4, 0.5) is 8.78 Å². The molecule has 160 valence electrons. The van der Waals surface area contributed by atoms with Crippen LogP contribution in [0, 0.1) is 11.6 Å². The van der Waals surface area contributed by atoms with E-state index in [1.165, 1.54) is 0 Å². The van der Waals surface area contributed by atoms with E-state index in [2.05, 4.69) is 16.0 Å². The molecule has 0 fully saturated rings. The Morgan fingerprint density at radius 1 is 1.13 bits per heavy atom. The zero-order chi connectivity index (χ0) is 22.1. The maximum atomic E-state index is 14.0. The molecule has 0 saturated carbocycles. The van der Waals surface area contributed by atoms with E-state index in [9.17, 15) is 23.5 Å². The smallest absolute Gasteiger partial charge is 0.309 e. The Morgan fingerprint density at radius 2 is 1.94 bits per heavy atom. The summed E-state index contributed by atoms with van der Waals surface area (Å²) in [5.74, 6) is -2.87. The van der Waals surface area contributed by atoms with Crippen LogP contribution < -0.4 is 0 Å². The third kappa shape index (κ3) is 4.41. The molecule has 0 saturated heterocycles. The minimum absolute atomic E-state index is 0.0863. The summed E-state index contributed by atoms with van der Waals surface area (Å²) in [6.07, 6.45) is 2.65. The summed E-state index contributed by atoms with van der Waals surface area (Å²) in [5, 5.41) is 10.2. The van der Waals surface area contributed by atoms with Crippen LogP contribution in [0.3, 0.4) is 0 Å². The van der Waals surface area contributed by atoms with Crippen molar-refractivity contribution in [2.45, 2.75) is 19.3 Å². The quantitative estimate of drug-likeness (QED) is 0.581. The maximum absolute atomic E-state index is 14.0. The Kier molecular flexibility index (Phi) is 5.69. The van der Waals surface area contributed by atoms with Crippen LogP contribution >= 0.6 is 0 Å². The SMILES string of the molecule is CN1CC=C(c2c(CC(=O)O)[nH]c3ccc(CC(=O)c4cc(F)ccc4F)cc23)CC1. The zero-order valence-electron chi connectivity index (χ0n) is 17.0. The van der Waals surface area contributed by atoms with Gasteiger partial charge in [-0.2, -0.15) is 0 Å². The van der Waals surface area contributed by atoms with Gasteiger partial charge in [0.15, 0.2) is 5.78 Å². The van der Waals surface area contributed by atoms with Gasteiger partial charge in [-0.15, -0.1) is 0 Å². The summed E-state index contributed by atoms with van der Waals surface area (Å²) >= 11 is 0. The predicted octanol–water partition coefficient (Wildman–Crippen LogP) is 4.22. The molecular weight excluding hydrogens is 402 g/mol. The van der Waals surface area contributed by atoms with Crippen LogP contribution in [0.15, 0.2) is 42.5 Å². The lowest BCUT2D eigenvalue weighted by Gasteiger charge is -2.22. The molecule has 31 heavy (non-hydrogen) atoms. The van der Waals surface area contributed by atoms with E-state index < -0.39 is 23.4 Å². The number of carboxylic acids is 1. The molecule has 0 radical (unpaired) electrons. The predicted molar refractivity (Wildman–Crippen MR) is 114 cm³/mol. The highest BCUT2D eigenvalue weighted by molar-refractivity contribution is 6.00. The molecule has 1 aromatic heterocycles. The first-order valence-electron chi connectivity index (χ1n) is 10.0. The first kappa shape index (κ1) is 20.9. The summed E-state index contributed by atoms with van der Waals surface area (Å²) in [7, 11) is 2.02. The van der Waals surface area contributed by atoms with Gasteiger partial charge in [-0.1, -0.05) is 12.1 Å². The number of H-pyrrole nitrogens is 1. The van der Waals surface area contributed by atoms with Crippen molar-refractivity contribution < 1.29 is 23.5 Å². The van der Waals surface area contributed by atoms with Gasteiger partial charge in [-0.3, -0.25) is 9.59 Å². The number of carboxylic acid groups (broad SMARTS) is 1. The van der Waals surface area contributed by atoms with Crippen molar-refractivity contribution in [1.82, 2.24) is 9.88 Å². The van der Waals surface area contributed by atoms with Crippen molar-refractivity contribution in [1.29, 1.82) is 0 Å². The number of halogens is 2. The summed E-state index contributed by atoms with van der Waals surface area (Å²) in [5.41, 5.74) is 3.70. The minimum Gasteiger partial charge on any atom is -0.481 e. The summed E-state index contributed by atoms with van der Waals surface area (Å²) in [4.78, 5) is 29.4. The number of Topliss-reactive ketones (excluding diaryl/α,β-unsaturated/α-hetero) is 1. The van der Waals surface area contributed by atoms with Gasteiger partial charge in [0.05, 0.1) is 12.0 Å². The summed E-state index contributed by atoms with van der Waals surface area (Å²) < 4.78 is 27.4. The fraction of sp³-hybridized carbons (Fsp3) is 0.250.